The van der Waals surface area contributed by atoms with E-state index in [1.807, 2.05) is 19.9 Å². The third kappa shape index (κ3) is 5.29. The van der Waals surface area contributed by atoms with E-state index in [1.165, 1.54) is 20.3 Å². The Balaban J connectivity index is 1.47. The molecule has 0 aromatic heterocycles. The highest BCUT2D eigenvalue weighted by Crippen LogP contribution is 2.67. The number of hydrogen-bond donors (Lipinski definition) is 1. The molecule has 208 valence electrons. The predicted molar refractivity (Wildman–Crippen MR) is 141 cm³/mol. The summed E-state index contributed by atoms with van der Waals surface area (Å²) >= 11 is 0. The molecule has 0 aromatic rings. The summed E-state index contributed by atoms with van der Waals surface area (Å²) in [6.45, 7) is 13.9. The molecule has 4 aliphatic carbocycles. The fourth-order valence-corrected chi connectivity index (χ4v) is 9.18. The lowest BCUT2D eigenvalue weighted by Gasteiger charge is -2.58. The lowest BCUT2D eigenvalue weighted by atomic mass is 9.46. The Labute approximate surface area is 222 Å². The van der Waals surface area contributed by atoms with Gasteiger partial charge in [0, 0.05) is 32.6 Å². The Bertz CT molecular complexity index is 967. The van der Waals surface area contributed by atoms with Crippen LogP contribution in [0.3, 0.4) is 0 Å². The van der Waals surface area contributed by atoms with E-state index in [4.69, 9.17) is 9.47 Å². The smallest absolute Gasteiger partial charge is 0.305 e. The first-order valence-electron chi connectivity index (χ1n) is 14.5. The average molecular weight is 517 g/mol. The van der Waals surface area contributed by atoms with Crippen molar-refractivity contribution in [2.24, 2.45) is 40.4 Å². The normalized spacial score (nSPS) is 40.1. The van der Waals surface area contributed by atoms with Gasteiger partial charge >= 0.3 is 11.9 Å². The molecule has 4 rings (SSSR count). The minimum absolute atomic E-state index is 0.0486. The topological polar surface area (TPSA) is 89.9 Å². The van der Waals surface area contributed by atoms with Crippen LogP contribution < -0.4 is 0 Å². The summed E-state index contributed by atoms with van der Waals surface area (Å²) in [6.07, 6.45) is 10.6. The Hall–Kier alpha value is -1.69. The van der Waals surface area contributed by atoms with Crippen molar-refractivity contribution in [2.75, 3.05) is 0 Å². The maximum atomic E-state index is 13.7. The Morgan fingerprint density at radius 2 is 1.78 bits per heavy atom. The molecule has 1 N–H and O–H groups in total. The predicted octanol–water partition coefficient (Wildman–Crippen LogP) is 6.14. The van der Waals surface area contributed by atoms with Gasteiger partial charge in [-0.15, -0.1) is 0 Å². The maximum Gasteiger partial charge on any atom is 0.305 e. The van der Waals surface area contributed by atoms with Gasteiger partial charge in [0.1, 0.15) is 5.60 Å². The van der Waals surface area contributed by atoms with Crippen molar-refractivity contribution in [3.63, 3.8) is 0 Å². The SMILES string of the molecule is CC(=O)OC(C)(C)CCC[C@@H](C)[C@H]1CC[C@H]2[C@@H]3C(=O)C=C4C[C@](O)(OC(C)=O)CC[C@]4(C)[C@H]3CC[C@]12C. The van der Waals surface area contributed by atoms with Crippen molar-refractivity contribution >= 4 is 17.7 Å². The van der Waals surface area contributed by atoms with Gasteiger partial charge in [-0.25, -0.2) is 0 Å². The Morgan fingerprint density at radius 3 is 2.43 bits per heavy atom. The van der Waals surface area contributed by atoms with Crippen LogP contribution in [-0.4, -0.2) is 34.2 Å². The molecule has 0 saturated heterocycles. The molecule has 0 radical (unpaired) electrons. The molecule has 3 saturated carbocycles. The first-order chi connectivity index (χ1) is 17.1. The van der Waals surface area contributed by atoms with Crippen LogP contribution in [0, 0.1) is 40.4 Å². The molecule has 0 unspecified atom stereocenters. The highest BCUT2D eigenvalue weighted by molar-refractivity contribution is 5.94. The molecule has 0 aromatic carbocycles. The van der Waals surface area contributed by atoms with Gasteiger partial charge in [-0.05, 0) is 99.4 Å². The standard InChI is InChI=1S/C31H48O6/c1-19(9-8-13-28(4,5)36-20(2)32)23-10-11-24-27-25(12-14-30(23,24)7)29(6)15-16-31(35,37-21(3)33)18-22(29)17-26(27)34/h17,19,23-25,27,35H,8-16,18H2,1-7H3/t19-,23-,24+,25+,27+,29+,30-,31-/m1/s1. The first-order valence-corrected chi connectivity index (χ1v) is 14.5. The molecule has 0 aliphatic heterocycles. The van der Waals surface area contributed by atoms with Crippen LogP contribution in [0.15, 0.2) is 11.6 Å². The molecule has 0 spiro atoms. The van der Waals surface area contributed by atoms with Gasteiger partial charge < -0.3 is 14.6 Å². The van der Waals surface area contributed by atoms with Crippen LogP contribution in [-0.2, 0) is 23.9 Å². The lowest BCUT2D eigenvalue weighted by molar-refractivity contribution is -0.221. The van der Waals surface area contributed by atoms with E-state index < -0.39 is 17.4 Å². The van der Waals surface area contributed by atoms with E-state index in [0.717, 1.165) is 50.5 Å². The van der Waals surface area contributed by atoms with Crippen LogP contribution >= 0.6 is 0 Å². The highest BCUT2D eigenvalue weighted by Gasteiger charge is 2.62. The Kier molecular flexibility index (Phi) is 7.51. The van der Waals surface area contributed by atoms with Gasteiger partial charge in [0.05, 0.1) is 0 Å². The van der Waals surface area contributed by atoms with Crippen LogP contribution in [0.5, 0.6) is 0 Å². The van der Waals surface area contributed by atoms with E-state index in [1.54, 1.807) is 0 Å². The van der Waals surface area contributed by atoms with E-state index in [0.29, 0.717) is 30.1 Å². The summed E-state index contributed by atoms with van der Waals surface area (Å²) in [6, 6.07) is 0. The third-order valence-electron chi connectivity index (χ3n) is 10.9. The second-order valence-corrected chi connectivity index (χ2v) is 13.9. The van der Waals surface area contributed by atoms with Gasteiger partial charge in [0.15, 0.2) is 5.78 Å². The van der Waals surface area contributed by atoms with E-state index in [-0.39, 0.29) is 34.9 Å². The molecule has 37 heavy (non-hydrogen) atoms. The zero-order chi connectivity index (χ0) is 27.4. The maximum absolute atomic E-state index is 13.7. The lowest BCUT2D eigenvalue weighted by Crippen LogP contribution is -2.55. The second-order valence-electron chi connectivity index (χ2n) is 13.9. The Morgan fingerprint density at radius 1 is 1.08 bits per heavy atom. The van der Waals surface area contributed by atoms with E-state index >= 15 is 0 Å². The third-order valence-corrected chi connectivity index (χ3v) is 10.9. The molecule has 8 atom stereocenters. The number of rotatable bonds is 7. The fourth-order valence-electron chi connectivity index (χ4n) is 9.18. The monoisotopic (exact) mass is 516 g/mol. The average Bonchev–Trinajstić information content (AvgIpc) is 3.10. The molecule has 3 fully saturated rings. The summed E-state index contributed by atoms with van der Waals surface area (Å²) in [5, 5.41) is 10.9. The molecule has 6 nitrogen and oxygen atoms in total. The molecular weight excluding hydrogens is 468 g/mol. The number of aliphatic hydroxyl groups is 1. The molecule has 0 heterocycles. The van der Waals surface area contributed by atoms with Gasteiger partial charge in [-0.2, -0.15) is 0 Å². The van der Waals surface area contributed by atoms with Crippen molar-refractivity contribution in [3.8, 4) is 0 Å². The van der Waals surface area contributed by atoms with Crippen molar-refractivity contribution in [3.05, 3.63) is 11.6 Å². The molecule has 4 aliphatic rings. The van der Waals surface area contributed by atoms with Crippen LogP contribution in [0.25, 0.3) is 0 Å². The quantitative estimate of drug-likeness (QED) is 0.323. The minimum atomic E-state index is -1.49. The number of esters is 2. The van der Waals surface area contributed by atoms with Gasteiger partial charge in [-0.3, -0.25) is 14.4 Å². The number of ether oxygens (including phenoxy) is 2. The van der Waals surface area contributed by atoms with Crippen molar-refractivity contribution in [1.82, 2.24) is 0 Å². The van der Waals surface area contributed by atoms with E-state index in [9.17, 15) is 19.5 Å². The van der Waals surface area contributed by atoms with Crippen LogP contribution in [0.1, 0.15) is 113 Å². The number of carbonyl (C=O) groups is 3. The summed E-state index contributed by atoms with van der Waals surface area (Å²) in [5.41, 5.74) is 0.575. The van der Waals surface area contributed by atoms with Gasteiger partial charge in [0.2, 0.25) is 5.79 Å². The minimum Gasteiger partial charge on any atom is -0.460 e. The zero-order valence-corrected chi connectivity index (χ0v) is 24.0. The molecular formula is C31H48O6. The number of allylic oxidation sites excluding steroid dienone is 1. The number of carbonyl (C=O) groups excluding carboxylic acids is 3. The fraction of sp³-hybridized carbons (Fsp3) is 0.839. The van der Waals surface area contributed by atoms with Crippen LogP contribution in [0.4, 0.5) is 0 Å². The van der Waals surface area contributed by atoms with Gasteiger partial charge in [-0.1, -0.05) is 32.8 Å². The molecule has 0 amide bonds. The highest BCUT2D eigenvalue weighted by atomic mass is 16.7. The van der Waals surface area contributed by atoms with Crippen LogP contribution in [0.2, 0.25) is 0 Å². The summed E-state index contributed by atoms with van der Waals surface area (Å²) in [7, 11) is 0. The first kappa shape index (κ1) is 28.3. The summed E-state index contributed by atoms with van der Waals surface area (Å²) in [4.78, 5) is 36.7. The molecule has 0 bridgehead atoms. The number of ketones is 1. The largest absolute Gasteiger partial charge is 0.460 e. The van der Waals surface area contributed by atoms with Gasteiger partial charge in [0.25, 0.3) is 0 Å². The van der Waals surface area contributed by atoms with E-state index in [2.05, 4.69) is 20.8 Å². The molecule has 6 heteroatoms. The zero-order valence-electron chi connectivity index (χ0n) is 24.0. The van der Waals surface area contributed by atoms with Crippen molar-refractivity contribution in [2.45, 2.75) is 124 Å². The number of fused-ring (bicyclic) bond motifs is 5. The summed E-state index contributed by atoms with van der Waals surface area (Å²) < 4.78 is 10.8. The van der Waals surface area contributed by atoms with Crippen molar-refractivity contribution < 1.29 is 29.0 Å². The summed E-state index contributed by atoms with van der Waals surface area (Å²) in [5.74, 6) is -0.0873. The number of hydrogen-bond acceptors (Lipinski definition) is 6. The van der Waals surface area contributed by atoms with Crippen molar-refractivity contribution in [1.29, 1.82) is 0 Å². The second kappa shape index (κ2) is 9.81.